The number of esters is 1. The van der Waals surface area contributed by atoms with Gasteiger partial charge in [0.15, 0.2) is 5.65 Å². The fourth-order valence-electron chi connectivity index (χ4n) is 4.25. The third-order valence-corrected chi connectivity index (χ3v) is 6.68. The molecule has 4 heterocycles. The lowest BCUT2D eigenvalue weighted by atomic mass is 9.96. The van der Waals surface area contributed by atoms with Crippen LogP contribution in [0.5, 0.6) is 0 Å². The highest BCUT2D eigenvalue weighted by atomic mass is 32.1. The zero-order chi connectivity index (χ0) is 21.8. The molecule has 0 spiro atoms. The Morgan fingerprint density at radius 3 is 2.90 bits per heavy atom. The third-order valence-electron chi connectivity index (χ3n) is 5.79. The van der Waals surface area contributed by atoms with E-state index in [0.29, 0.717) is 38.1 Å². The molecule has 0 N–H and O–H groups in total. The van der Waals surface area contributed by atoms with Gasteiger partial charge in [0.1, 0.15) is 0 Å². The summed E-state index contributed by atoms with van der Waals surface area (Å²) in [5.74, 6) is -0.203. The maximum atomic E-state index is 13.8. The SMILES string of the molecule is CCOC(=O)CCC1CCCCN1C(=O)c1cc(-c2cccs2)nc2c1cnn2CC. The first-order valence-electron chi connectivity index (χ1n) is 11.0. The van der Waals surface area contributed by atoms with Crippen LogP contribution in [-0.2, 0) is 16.1 Å². The zero-order valence-electron chi connectivity index (χ0n) is 18.0. The molecule has 1 fully saturated rings. The summed E-state index contributed by atoms with van der Waals surface area (Å²) < 4.78 is 6.91. The highest BCUT2D eigenvalue weighted by molar-refractivity contribution is 7.13. The molecular formula is C23H28N4O3S. The second-order valence-electron chi connectivity index (χ2n) is 7.72. The molecule has 4 rings (SSSR count). The van der Waals surface area contributed by atoms with Crippen molar-refractivity contribution in [3.8, 4) is 10.6 Å². The Morgan fingerprint density at radius 1 is 1.29 bits per heavy atom. The van der Waals surface area contributed by atoms with Gasteiger partial charge in [-0.15, -0.1) is 11.3 Å². The number of hydrogen-bond acceptors (Lipinski definition) is 6. The second kappa shape index (κ2) is 9.60. The average molecular weight is 441 g/mol. The van der Waals surface area contributed by atoms with Crippen molar-refractivity contribution in [1.82, 2.24) is 19.7 Å². The van der Waals surface area contributed by atoms with Crippen LogP contribution in [0.1, 0.15) is 56.3 Å². The first-order chi connectivity index (χ1) is 15.1. The minimum atomic E-state index is -0.198. The minimum Gasteiger partial charge on any atom is -0.466 e. The zero-order valence-corrected chi connectivity index (χ0v) is 18.9. The molecule has 0 radical (unpaired) electrons. The summed E-state index contributed by atoms with van der Waals surface area (Å²) in [6.07, 6.45) is 5.66. The molecule has 164 valence electrons. The van der Waals surface area contributed by atoms with Crippen molar-refractivity contribution in [3.63, 3.8) is 0 Å². The van der Waals surface area contributed by atoms with E-state index in [1.807, 2.05) is 47.0 Å². The molecule has 0 bridgehead atoms. The molecule has 1 unspecified atom stereocenters. The quantitative estimate of drug-likeness (QED) is 0.505. The van der Waals surface area contributed by atoms with Gasteiger partial charge in [0.05, 0.1) is 34.3 Å². The van der Waals surface area contributed by atoms with E-state index < -0.39 is 0 Å². The van der Waals surface area contributed by atoms with Gasteiger partial charge >= 0.3 is 5.97 Å². The van der Waals surface area contributed by atoms with Gasteiger partial charge in [-0.25, -0.2) is 9.67 Å². The monoisotopic (exact) mass is 440 g/mol. The maximum absolute atomic E-state index is 13.8. The summed E-state index contributed by atoms with van der Waals surface area (Å²) in [4.78, 5) is 33.4. The van der Waals surface area contributed by atoms with Crippen LogP contribution in [0.4, 0.5) is 0 Å². The molecule has 8 heteroatoms. The van der Waals surface area contributed by atoms with Crippen LogP contribution in [-0.4, -0.2) is 50.7 Å². The average Bonchev–Trinajstić information content (AvgIpc) is 3.47. The summed E-state index contributed by atoms with van der Waals surface area (Å²) in [6, 6.07) is 5.94. The van der Waals surface area contributed by atoms with Crippen LogP contribution in [0.3, 0.4) is 0 Å². The van der Waals surface area contributed by atoms with E-state index in [9.17, 15) is 9.59 Å². The Morgan fingerprint density at radius 2 is 2.16 bits per heavy atom. The highest BCUT2D eigenvalue weighted by Gasteiger charge is 2.30. The van der Waals surface area contributed by atoms with E-state index in [1.165, 1.54) is 0 Å². The Bertz CT molecular complexity index is 1060. The van der Waals surface area contributed by atoms with Gasteiger partial charge in [-0.1, -0.05) is 6.07 Å². The largest absolute Gasteiger partial charge is 0.466 e. The number of carbonyl (C=O) groups excluding carboxylic acids is 2. The number of rotatable bonds is 7. The number of aryl methyl sites for hydroxylation is 1. The van der Waals surface area contributed by atoms with Crippen LogP contribution < -0.4 is 0 Å². The smallest absolute Gasteiger partial charge is 0.305 e. The number of piperidine rings is 1. The number of hydrogen-bond donors (Lipinski definition) is 0. The van der Waals surface area contributed by atoms with Crippen LogP contribution in [0.25, 0.3) is 21.6 Å². The number of thiophene rings is 1. The number of amides is 1. The lowest BCUT2D eigenvalue weighted by molar-refractivity contribution is -0.143. The standard InChI is InChI=1S/C23H28N4O3S/c1-3-27-22-18(15-24-27)17(14-19(25-22)20-9-7-13-31-20)23(29)26-12-6-5-8-16(26)10-11-21(28)30-4-2/h7,9,13-16H,3-6,8,10-12H2,1-2H3. The van der Waals surface area contributed by atoms with Gasteiger partial charge < -0.3 is 9.64 Å². The van der Waals surface area contributed by atoms with E-state index in [2.05, 4.69) is 5.10 Å². The normalized spacial score (nSPS) is 16.6. The Hall–Kier alpha value is -2.74. The van der Waals surface area contributed by atoms with Gasteiger partial charge in [0.25, 0.3) is 5.91 Å². The Kier molecular flexibility index (Phi) is 6.65. The van der Waals surface area contributed by atoms with Crippen molar-refractivity contribution in [2.45, 2.75) is 58.5 Å². The number of nitrogens with zero attached hydrogens (tertiary/aromatic N) is 4. The molecule has 0 saturated carbocycles. The summed E-state index contributed by atoms with van der Waals surface area (Å²) in [7, 11) is 0. The lowest BCUT2D eigenvalue weighted by Gasteiger charge is -2.36. The molecule has 0 aromatic carbocycles. The number of aromatic nitrogens is 3. The van der Waals surface area contributed by atoms with E-state index in [1.54, 1.807) is 17.5 Å². The van der Waals surface area contributed by atoms with Gasteiger partial charge in [0, 0.05) is 25.6 Å². The van der Waals surface area contributed by atoms with Crippen LogP contribution in [0.15, 0.2) is 29.8 Å². The second-order valence-corrected chi connectivity index (χ2v) is 8.67. The summed E-state index contributed by atoms with van der Waals surface area (Å²) in [5.41, 5.74) is 2.16. The number of carbonyl (C=O) groups is 2. The first kappa shape index (κ1) is 21.5. The summed E-state index contributed by atoms with van der Waals surface area (Å²) >= 11 is 1.60. The van der Waals surface area contributed by atoms with E-state index in [-0.39, 0.29) is 17.9 Å². The molecule has 1 aliphatic heterocycles. The third kappa shape index (κ3) is 4.49. The van der Waals surface area contributed by atoms with Crippen molar-refractivity contribution in [3.05, 3.63) is 35.3 Å². The molecule has 1 atom stereocenters. The lowest BCUT2D eigenvalue weighted by Crippen LogP contribution is -2.44. The number of likely N-dealkylation sites (tertiary alicyclic amines) is 1. The van der Waals surface area contributed by atoms with Gasteiger partial charge in [-0.3, -0.25) is 9.59 Å². The molecule has 3 aromatic heterocycles. The topological polar surface area (TPSA) is 77.3 Å². The van der Waals surface area contributed by atoms with Crippen molar-refractivity contribution >= 4 is 34.2 Å². The van der Waals surface area contributed by atoms with Crippen LogP contribution in [0.2, 0.25) is 0 Å². The number of ether oxygens (including phenoxy) is 1. The molecule has 0 aliphatic carbocycles. The van der Waals surface area contributed by atoms with Crippen molar-refractivity contribution in [1.29, 1.82) is 0 Å². The maximum Gasteiger partial charge on any atom is 0.305 e. The Labute approximate surface area is 186 Å². The fourth-order valence-corrected chi connectivity index (χ4v) is 4.93. The Balaban J connectivity index is 1.68. The minimum absolute atomic E-state index is 0.00517. The fraction of sp³-hybridized carbons (Fsp3) is 0.478. The number of fused-ring (bicyclic) bond motifs is 1. The van der Waals surface area contributed by atoms with Crippen molar-refractivity contribution < 1.29 is 14.3 Å². The highest BCUT2D eigenvalue weighted by Crippen LogP contribution is 2.30. The summed E-state index contributed by atoms with van der Waals surface area (Å²) in [6.45, 7) is 5.60. The molecule has 7 nitrogen and oxygen atoms in total. The first-order valence-corrected chi connectivity index (χ1v) is 11.9. The summed E-state index contributed by atoms with van der Waals surface area (Å²) in [5, 5.41) is 7.24. The molecular weight excluding hydrogens is 412 g/mol. The molecule has 1 saturated heterocycles. The van der Waals surface area contributed by atoms with E-state index >= 15 is 0 Å². The van der Waals surface area contributed by atoms with Gasteiger partial charge in [0.2, 0.25) is 0 Å². The van der Waals surface area contributed by atoms with E-state index in [4.69, 9.17) is 9.72 Å². The van der Waals surface area contributed by atoms with Gasteiger partial charge in [-0.05, 0) is 57.0 Å². The van der Waals surface area contributed by atoms with Crippen LogP contribution in [0, 0.1) is 0 Å². The number of pyridine rings is 1. The molecule has 1 amide bonds. The molecule has 3 aromatic rings. The predicted octanol–water partition coefficient (Wildman–Crippen LogP) is 4.52. The molecule has 31 heavy (non-hydrogen) atoms. The van der Waals surface area contributed by atoms with E-state index in [0.717, 1.165) is 40.9 Å². The predicted molar refractivity (Wildman–Crippen MR) is 121 cm³/mol. The van der Waals surface area contributed by atoms with Crippen molar-refractivity contribution in [2.24, 2.45) is 0 Å². The van der Waals surface area contributed by atoms with Crippen LogP contribution >= 0.6 is 11.3 Å². The molecule has 1 aliphatic rings. The van der Waals surface area contributed by atoms with Crippen molar-refractivity contribution in [2.75, 3.05) is 13.2 Å². The van der Waals surface area contributed by atoms with Gasteiger partial charge in [-0.2, -0.15) is 5.10 Å².